The van der Waals surface area contributed by atoms with E-state index in [4.69, 9.17) is 0 Å². The van der Waals surface area contributed by atoms with Crippen LogP contribution in [0.2, 0.25) is 0 Å². The predicted molar refractivity (Wildman–Crippen MR) is 112 cm³/mol. The van der Waals surface area contributed by atoms with E-state index in [0.29, 0.717) is 10.9 Å². The van der Waals surface area contributed by atoms with Crippen molar-refractivity contribution in [1.82, 2.24) is 4.31 Å². The van der Waals surface area contributed by atoms with Gasteiger partial charge in [-0.25, -0.2) is 8.42 Å². The Morgan fingerprint density at radius 2 is 1.86 bits per heavy atom. The highest BCUT2D eigenvalue weighted by Crippen LogP contribution is 2.41. The summed E-state index contributed by atoms with van der Waals surface area (Å²) in [6.45, 7) is 2.44. The minimum atomic E-state index is -3.74. The zero-order valence-corrected chi connectivity index (χ0v) is 16.9. The molecule has 1 saturated heterocycles. The number of rotatable bonds is 4. The number of nitrogens with zero attached hydrogens (tertiary/aromatic N) is 2. The van der Waals surface area contributed by atoms with Gasteiger partial charge in [0, 0.05) is 30.8 Å². The summed E-state index contributed by atoms with van der Waals surface area (Å²) < 4.78 is 28.5. The number of sulfonamides is 1. The van der Waals surface area contributed by atoms with Crippen LogP contribution in [0, 0.1) is 24.2 Å². The van der Waals surface area contributed by atoms with Gasteiger partial charge in [-0.15, -0.1) is 0 Å². The van der Waals surface area contributed by atoms with Gasteiger partial charge in [0.1, 0.15) is 5.75 Å². The van der Waals surface area contributed by atoms with E-state index >= 15 is 0 Å². The van der Waals surface area contributed by atoms with Crippen LogP contribution in [0.3, 0.4) is 0 Å². The van der Waals surface area contributed by atoms with Gasteiger partial charge in [0.15, 0.2) is 0 Å². The zero-order valence-electron chi connectivity index (χ0n) is 16.1. The summed E-state index contributed by atoms with van der Waals surface area (Å²) >= 11 is 0. The van der Waals surface area contributed by atoms with Gasteiger partial charge in [0.05, 0.1) is 11.0 Å². The van der Waals surface area contributed by atoms with Crippen molar-refractivity contribution in [3.63, 3.8) is 0 Å². The predicted octanol–water partition coefficient (Wildman–Crippen LogP) is 4.17. The van der Waals surface area contributed by atoms with Crippen molar-refractivity contribution in [3.05, 3.63) is 71.8 Å². The number of phenolic OH excluding ortho intramolecular Hbond substituents is 1. The minimum Gasteiger partial charge on any atom is -0.508 e. The van der Waals surface area contributed by atoms with Crippen molar-refractivity contribution in [2.75, 3.05) is 13.1 Å². The summed E-state index contributed by atoms with van der Waals surface area (Å²) in [4.78, 5) is 0.278. The number of aromatic hydroxyl groups is 1. The van der Waals surface area contributed by atoms with Gasteiger partial charge in [-0.3, -0.25) is 0 Å². The molecule has 3 aromatic carbocycles. The maximum absolute atomic E-state index is 13.5. The second-order valence-corrected chi connectivity index (χ2v) is 9.50. The number of hydrogen-bond donors (Lipinski definition) is 1. The molecule has 1 heterocycles. The first-order valence-corrected chi connectivity index (χ1v) is 11.0. The fraction of sp³-hybridized carbons (Fsp3) is 0.261. The van der Waals surface area contributed by atoms with Crippen LogP contribution in [-0.2, 0) is 10.0 Å². The molecule has 1 aliphatic heterocycles. The van der Waals surface area contributed by atoms with Crippen molar-refractivity contribution in [1.29, 1.82) is 5.26 Å². The highest BCUT2D eigenvalue weighted by molar-refractivity contribution is 7.89. The molecular formula is C23H22N2O3S. The molecule has 0 aromatic heterocycles. The largest absolute Gasteiger partial charge is 0.508 e. The molecule has 148 valence electrons. The third kappa shape index (κ3) is 3.48. The smallest absolute Gasteiger partial charge is 0.243 e. The van der Waals surface area contributed by atoms with E-state index in [1.165, 1.54) is 4.31 Å². The number of phenols is 1. The molecule has 1 N–H and O–H groups in total. The Balaban J connectivity index is 1.75. The lowest BCUT2D eigenvalue weighted by atomic mass is 9.86. The van der Waals surface area contributed by atoms with Crippen molar-refractivity contribution >= 4 is 20.8 Å². The third-order valence-corrected chi connectivity index (χ3v) is 7.60. The quantitative estimate of drug-likeness (QED) is 0.705. The molecule has 0 radical (unpaired) electrons. The Hall–Kier alpha value is -2.88. The van der Waals surface area contributed by atoms with Crippen molar-refractivity contribution < 1.29 is 13.5 Å². The van der Waals surface area contributed by atoms with Gasteiger partial charge in [-0.2, -0.15) is 9.57 Å². The molecule has 5 nitrogen and oxygen atoms in total. The molecule has 29 heavy (non-hydrogen) atoms. The van der Waals surface area contributed by atoms with Crippen molar-refractivity contribution in [3.8, 4) is 11.8 Å². The van der Waals surface area contributed by atoms with Crippen LogP contribution in [0.15, 0.2) is 65.6 Å². The molecule has 4 rings (SSSR count). The highest BCUT2D eigenvalue weighted by atomic mass is 32.2. The van der Waals surface area contributed by atoms with Gasteiger partial charge in [-0.05, 0) is 35.9 Å². The Bertz CT molecular complexity index is 1210. The summed E-state index contributed by atoms with van der Waals surface area (Å²) in [7, 11) is -3.74. The van der Waals surface area contributed by atoms with Crippen LogP contribution in [0.5, 0.6) is 5.75 Å². The van der Waals surface area contributed by atoms with E-state index in [1.807, 2.05) is 49.4 Å². The topological polar surface area (TPSA) is 81.4 Å². The Kier molecular flexibility index (Phi) is 5.03. The van der Waals surface area contributed by atoms with E-state index < -0.39 is 10.0 Å². The molecule has 3 aromatic rings. The second kappa shape index (κ2) is 7.51. The molecule has 0 amide bonds. The Morgan fingerprint density at radius 1 is 1.10 bits per heavy atom. The van der Waals surface area contributed by atoms with E-state index in [0.717, 1.165) is 10.9 Å². The molecule has 0 bridgehead atoms. The number of hydrogen-bond acceptors (Lipinski definition) is 4. The maximum atomic E-state index is 13.5. The van der Waals surface area contributed by atoms with Crippen molar-refractivity contribution in [2.24, 2.45) is 5.92 Å². The number of benzene rings is 3. The summed E-state index contributed by atoms with van der Waals surface area (Å²) in [6, 6.07) is 20.2. The fourth-order valence-electron chi connectivity index (χ4n) is 4.24. The van der Waals surface area contributed by atoms with Crippen LogP contribution in [-0.4, -0.2) is 30.9 Å². The summed E-state index contributed by atoms with van der Waals surface area (Å²) in [6.07, 6.45) is 0.236. The van der Waals surface area contributed by atoms with Crippen LogP contribution in [0.4, 0.5) is 0 Å². The normalized spacial score (nSPS) is 20.0. The molecule has 0 aliphatic carbocycles. The standard InChI is InChI=1S/C23H22N2O3S/c1-16-9-10-22(26)20(13-16)21-15-25(14-18(21)11-12-24)29(27,28)23-8-4-6-17-5-2-3-7-19(17)23/h2-10,13,18,21,26H,11,14-15H2,1H3/t18-,21+/m0/s1. The Labute approximate surface area is 170 Å². The van der Waals surface area contributed by atoms with Gasteiger partial charge >= 0.3 is 0 Å². The van der Waals surface area contributed by atoms with Gasteiger partial charge in [0.25, 0.3) is 0 Å². The molecule has 2 atom stereocenters. The summed E-state index contributed by atoms with van der Waals surface area (Å²) in [5.41, 5.74) is 1.70. The third-order valence-electron chi connectivity index (χ3n) is 5.71. The van der Waals surface area contributed by atoms with E-state index in [9.17, 15) is 18.8 Å². The number of fused-ring (bicyclic) bond motifs is 1. The van der Waals surface area contributed by atoms with Gasteiger partial charge in [-0.1, -0.05) is 54.1 Å². The summed E-state index contributed by atoms with van der Waals surface area (Å²) in [5, 5.41) is 21.2. The van der Waals surface area contributed by atoms with Crippen LogP contribution in [0.25, 0.3) is 10.8 Å². The van der Waals surface area contributed by atoms with Crippen LogP contribution < -0.4 is 0 Å². The zero-order chi connectivity index (χ0) is 20.6. The maximum Gasteiger partial charge on any atom is 0.243 e. The lowest BCUT2D eigenvalue weighted by Crippen LogP contribution is -2.29. The first-order valence-electron chi connectivity index (χ1n) is 9.56. The average Bonchev–Trinajstić information content (AvgIpc) is 3.14. The monoisotopic (exact) mass is 406 g/mol. The highest BCUT2D eigenvalue weighted by Gasteiger charge is 2.41. The first-order chi connectivity index (χ1) is 13.9. The molecule has 1 fully saturated rings. The van der Waals surface area contributed by atoms with E-state index in [2.05, 4.69) is 6.07 Å². The molecular weight excluding hydrogens is 384 g/mol. The van der Waals surface area contributed by atoms with Crippen LogP contribution >= 0.6 is 0 Å². The summed E-state index contributed by atoms with van der Waals surface area (Å²) in [5.74, 6) is -0.246. The fourth-order valence-corrected chi connectivity index (χ4v) is 5.97. The molecule has 0 unspecified atom stereocenters. The molecule has 0 saturated carbocycles. The molecule has 6 heteroatoms. The second-order valence-electron chi connectivity index (χ2n) is 7.59. The molecule has 0 spiro atoms. The lowest BCUT2D eigenvalue weighted by molar-refractivity contribution is 0.447. The van der Waals surface area contributed by atoms with E-state index in [1.54, 1.807) is 18.2 Å². The first kappa shape index (κ1) is 19.4. The SMILES string of the molecule is Cc1ccc(O)c([C@@H]2CN(S(=O)(=O)c3cccc4ccccc34)C[C@@H]2CC#N)c1. The minimum absolute atomic E-state index is 0.146. The van der Waals surface area contributed by atoms with Gasteiger partial charge < -0.3 is 5.11 Å². The number of nitriles is 1. The van der Waals surface area contributed by atoms with Crippen molar-refractivity contribution in [2.45, 2.75) is 24.2 Å². The molecule has 1 aliphatic rings. The van der Waals surface area contributed by atoms with Crippen LogP contribution in [0.1, 0.15) is 23.5 Å². The lowest BCUT2D eigenvalue weighted by Gasteiger charge is -2.19. The number of aryl methyl sites for hydroxylation is 1. The van der Waals surface area contributed by atoms with E-state index in [-0.39, 0.29) is 42.0 Å². The Morgan fingerprint density at radius 3 is 2.66 bits per heavy atom. The average molecular weight is 407 g/mol. The van der Waals surface area contributed by atoms with Gasteiger partial charge in [0.2, 0.25) is 10.0 Å².